The number of piperazine rings is 1. The van der Waals surface area contributed by atoms with E-state index in [0.29, 0.717) is 28.8 Å². The van der Waals surface area contributed by atoms with Crippen molar-refractivity contribution >= 4 is 27.7 Å². The molecule has 3 aromatic rings. The number of nitrogens with two attached hydrogens (primary N) is 1. The maximum absolute atomic E-state index is 13.0. The standard InChI is InChI=1S/C20H22F3N7O3S/c1-12-16(13(2)30-19(25-12)26-18(24)27-30)11-17(31)28-6-8-29(9-7-28)34(32,33)15-5-3-4-14(10-15)20(21,22)23/h3-5,10H,6-9,11H2,1-2H3,(H2,24,27). The lowest BCUT2D eigenvalue weighted by molar-refractivity contribution is -0.137. The predicted octanol–water partition coefficient (Wildman–Crippen LogP) is 1.42. The fraction of sp³-hybridized carbons (Fsp3) is 0.400. The van der Waals surface area contributed by atoms with Crippen molar-refractivity contribution in [2.75, 3.05) is 31.9 Å². The molecule has 14 heteroatoms. The second-order valence-corrected chi connectivity index (χ2v) is 9.87. The molecule has 2 aromatic heterocycles. The van der Waals surface area contributed by atoms with Gasteiger partial charge in [0.2, 0.25) is 21.9 Å². The number of carbonyl (C=O) groups excluding carboxylic acids is 1. The van der Waals surface area contributed by atoms with E-state index in [4.69, 9.17) is 5.73 Å². The summed E-state index contributed by atoms with van der Waals surface area (Å²) in [6, 6.07) is 3.64. The van der Waals surface area contributed by atoms with Gasteiger partial charge in [-0.25, -0.2) is 13.4 Å². The van der Waals surface area contributed by atoms with E-state index < -0.39 is 26.7 Å². The zero-order valence-electron chi connectivity index (χ0n) is 18.4. The van der Waals surface area contributed by atoms with Gasteiger partial charge in [0.25, 0.3) is 5.78 Å². The van der Waals surface area contributed by atoms with Crippen molar-refractivity contribution in [1.82, 2.24) is 28.8 Å². The zero-order chi connectivity index (χ0) is 24.8. The van der Waals surface area contributed by atoms with Crippen LogP contribution in [0.15, 0.2) is 29.2 Å². The molecule has 3 heterocycles. The average molecular weight is 498 g/mol. The lowest BCUT2D eigenvalue weighted by Crippen LogP contribution is -2.51. The number of alkyl halides is 3. The first kappa shape index (κ1) is 23.9. The Kier molecular flexibility index (Phi) is 5.97. The Hall–Kier alpha value is -3.26. The van der Waals surface area contributed by atoms with Gasteiger partial charge in [-0.15, -0.1) is 5.10 Å². The SMILES string of the molecule is Cc1nc2nc(N)nn2c(C)c1CC(=O)N1CCN(S(=O)(=O)c2cccc(C(F)(F)F)c2)CC1. The molecule has 1 amide bonds. The van der Waals surface area contributed by atoms with Crippen LogP contribution in [0.1, 0.15) is 22.5 Å². The summed E-state index contributed by atoms with van der Waals surface area (Å²) in [7, 11) is -4.13. The zero-order valence-corrected chi connectivity index (χ0v) is 19.2. The van der Waals surface area contributed by atoms with Crippen LogP contribution in [0.3, 0.4) is 0 Å². The van der Waals surface area contributed by atoms with Crippen molar-refractivity contribution in [2.24, 2.45) is 0 Å². The maximum atomic E-state index is 13.0. The number of benzene rings is 1. The molecule has 4 rings (SSSR count). The lowest BCUT2D eigenvalue weighted by Gasteiger charge is -2.34. The number of halogens is 3. The molecule has 0 aliphatic carbocycles. The monoisotopic (exact) mass is 497 g/mol. The second kappa shape index (κ2) is 8.51. The number of rotatable bonds is 4. The van der Waals surface area contributed by atoms with Gasteiger partial charge in [-0.2, -0.15) is 27.0 Å². The van der Waals surface area contributed by atoms with Crippen LogP contribution in [0, 0.1) is 13.8 Å². The van der Waals surface area contributed by atoms with Gasteiger partial charge < -0.3 is 10.6 Å². The molecule has 0 atom stereocenters. The molecular formula is C20H22F3N7O3S. The number of hydrogen-bond acceptors (Lipinski definition) is 7. The highest BCUT2D eigenvalue weighted by molar-refractivity contribution is 7.89. The van der Waals surface area contributed by atoms with E-state index in [-0.39, 0.29) is 44.5 Å². The minimum Gasteiger partial charge on any atom is -0.366 e. The molecule has 1 aromatic carbocycles. The molecular weight excluding hydrogens is 475 g/mol. The van der Waals surface area contributed by atoms with Crippen LogP contribution in [0.4, 0.5) is 19.1 Å². The molecule has 1 aliphatic heterocycles. The van der Waals surface area contributed by atoms with Gasteiger partial charge in [-0.05, 0) is 32.0 Å². The van der Waals surface area contributed by atoms with Crippen LogP contribution in [0.2, 0.25) is 0 Å². The van der Waals surface area contributed by atoms with E-state index in [1.54, 1.807) is 13.8 Å². The molecule has 34 heavy (non-hydrogen) atoms. The molecule has 1 fully saturated rings. The summed E-state index contributed by atoms with van der Waals surface area (Å²) in [4.78, 5) is 22.4. The number of fused-ring (bicyclic) bond motifs is 1. The number of anilines is 1. The Balaban J connectivity index is 1.46. The maximum Gasteiger partial charge on any atom is 0.416 e. The number of hydrogen-bond donors (Lipinski definition) is 1. The van der Waals surface area contributed by atoms with Gasteiger partial charge in [0.15, 0.2) is 0 Å². The Morgan fingerprint density at radius 1 is 1.12 bits per heavy atom. The van der Waals surface area contributed by atoms with E-state index in [1.165, 1.54) is 9.42 Å². The third-order valence-corrected chi connectivity index (χ3v) is 7.68. The molecule has 1 saturated heterocycles. The van der Waals surface area contributed by atoms with Crippen molar-refractivity contribution in [2.45, 2.75) is 31.3 Å². The first-order valence-electron chi connectivity index (χ1n) is 10.3. The lowest BCUT2D eigenvalue weighted by atomic mass is 10.1. The quantitative estimate of drug-likeness (QED) is 0.578. The van der Waals surface area contributed by atoms with E-state index in [1.807, 2.05) is 0 Å². The largest absolute Gasteiger partial charge is 0.416 e. The molecule has 2 N–H and O–H groups in total. The molecule has 1 aliphatic rings. The predicted molar refractivity (Wildman–Crippen MR) is 115 cm³/mol. The summed E-state index contributed by atoms with van der Waals surface area (Å²) in [5, 5.41) is 4.07. The average Bonchev–Trinajstić information content (AvgIpc) is 3.16. The summed E-state index contributed by atoms with van der Waals surface area (Å²) < 4.78 is 67.3. The number of sulfonamides is 1. The fourth-order valence-electron chi connectivity index (χ4n) is 3.90. The van der Waals surface area contributed by atoms with Crippen molar-refractivity contribution in [3.8, 4) is 0 Å². The topological polar surface area (TPSA) is 127 Å². The van der Waals surface area contributed by atoms with Crippen molar-refractivity contribution in [3.05, 3.63) is 46.8 Å². The molecule has 0 saturated carbocycles. The van der Waals surface area contributed by atoms with E-state index in [0.717, 1.165) is 22.5 Å². The molecule has 182 valence electrons. The Morgan fingerprint density at radius 2 is 1.79 bits per heavy atom. The van der Waals surface area contributed by atoms with Gasteiger partial charge in [0, 0.05) is 43.1 Å². The number of amides is 1. The number of carbonyl (C=O) groups is 1. The number of nitrogen functional groups attached to an aromatic ring is 1. The smallest absolute Gasteiger partial charge is 0.366 e. The molecule has 0 spiro atoms. The summed E-state index contributed by atoms with van der Waals surface area (Å²) in [5.41, 5.74) is 6.54. The Bertz CT molecular complexity index is 1360. The normalized spacial score (nSPS) is 15.7. The first-order valence-corrected chi connectivity index (χ1v) is 11.8. The van der Waals surface area contributed by atoms with Crippen LogP contribution in [-0.2, 0) is 27.4 Å². The van der Waals surface area contributed by atoms with Gasteiger partial charge in [-0.3, -0.25) is 4.79 Å². The second-order valence-electron chi connectivity index (χ2n) is 7.93. The third kappa shape index (κ3) is 4.42. The molecule has 0 radical (unpaired) electrons. The highest BCUT2D eigenvalue weighted by Crippen LogP contribution is 2.31. The summed E-state index contributed by atoms with van der Waals surface area (Å²) >= 11 is 0. The first-order chi connectivity index (χ1) is 15.9. The van der Waals surface area contributed by atoms with Gasteiger partial charge >= 0.3 is 6.18 Å². The molecule has 10 nitrogen and oxygen atoms in total. The van der Waals surface area contributed by atoms with E-state index in [2.05, 4.69) is 15.1 Å². The van der Waals surface area contributed by atoms with Crippen molar-refractivity contribution in [1.29, 1.82) is 0 Å². The van der Waals surface area contributed by atoms with Crippen LogP contribution >= 0.6 is 0 Å². The molecule has 0 unspecified atom stereocenters. The third-order valence-electron chi connectivity index (χ3n) is 5.78. The minimum absolute atomic E-state index is 0.0285. The number of nitrogens with zero attached hydrogens (tertiary/aromatic N) is 6. The Labute approximate surface area is 193 Å². The van der Waals surface area contributed by atoms with Gasteiger partial charge in [-0.1, -0.05) is 6.07 Å². The highest BCUT2D eigenvalue weighted by Gasteiger charge is 2.34. The van der Waals surface area contributed by atoms with Crippen LogP contribution in [-0.4, -0.2) is 69.3 Å². The summed E-state index contributed by atoms with van der Waals surface area (Å²) in [6.45, 7) is 3.69. The number of aryl methyl sites for hydroxylation is 2. The van der Waals surface area contributed by atoms with Gasteiger partial charge in [0.05, 0.1) is 16.9 Å². The summed E-state index contributed by atoms with van der Waals surface area (Å²) in [6.07, 6.45) is -4.62. The van der Waals surface area contributed by atoms with E-state index in [9.17, 15) is 26.4 Å². The summed E-state index contributed by atoms with van der Waals surface area (Å²) in [5.74, 6) is 0.172. The van der Waals surface area contributed by atoms with Crippen LogP contribution < -0.4 is 5.73 Å². The number of aromatic nitrogens is 4. The fourth-order valence-corrected chi connectivity index (χ4v) is 5.37. The highest BCUT2D eigenvalue weighted by atomic mass is 32.2. The van der Waals surface area contributed by atoms with Crippen molar-refractivity contribution < 1.29 is 26.4 Å². The van der Waals surface area contributed by atoms with E-state index >= 15 is 0 Å². The minimum atomic E-state index is -4.65. The van der Waals surface area contributed by atoms with Crippen molar-refractivity contribution in [3.63, 3.8) is 0 Å². The van der Waals surface area contributed by atoms with Gasteiger partial charge in [0.1, 0.15) is 0 Å². The van der Waals surface area contributed by atoms with Crippen LogP contribution in [0.25, 0.3) is 5.78 Å². The Morgan fingerprint density at radius 3 is 2.44 bits per heavy atom. The van der Waals surface area contributed by atoms with Crippen LogP contribution in [0.5, 0.6) is 0 Å². The molecule has 0 bridgehead atoms.